The van der Waals surface area contributed by atoms with E-state index in [0.29, 0.717) is 0 Å². The zero-order chi connectivity index (χ0) is 15.3. The number of nitrogens with two attached hydrogens (primary N) is 1. The van der Waals surface area contributed by atoms with Crippen molar-refractivity contribution in [1.82, 2.24) is 5.32 Å². The van der Waals surface area contributed by atoms with Crippen LogP contribution in [0.3, 0.4) is 0 Å². The summed E-state index contributed by atoms with van der Waals surface area (Å²) in [4.78, 5) is 11.5. The number of amidine groups is 1. The summed E-state index contributed by atoms with van der Waals surface area (Å²) in [5.41, 5.74) is 5.45. The molecule has 1 aromatic carbocycles. The number of rotatable bonds is 4. The summed E-state index contributed by atoms with van der Waals surface area (Å²) < 4.78 is 39.5. The van der Waals surface area contributed by atoms with Gasteiger partial charge in [0.1, 0.15) is 11.6 Å². The van der Waals surface area contributed by atoms with Gasteiger partial charge in [0.2, 0.25) is 0 Å². The first kappa shape index (κ1) is 15.6. The van der Waals surface area contributed by atoms with Gasteiger partial charge < -0.3 is 21.1 Å². The molecule has 0 aromatic heterocycles. The summed E-state index contributed by atoms with van der Waals surface area (Å²) in [6, 6.07) is 3.35. The van der Waals surface area contributed by atoms with E-state index in [1.54, 1.807) is 0 Å². The smallest absolute Gasteiger partial charge is 0.406 e. The van der Waals surface area contributed by atoms with Crippen LogP contribution in [0, 0.1) is 5.41 Å². The summed E-state index contributed by atoms with van der Waals surface area (Å²) in [5.74, 6) is -0.602. The van der Waals surface area contributed by atoms with Crippen LogP contribution in [-0.2, 0) is 0 Å². The van der Waals surface area contributed by atoms with Crippen LogP contribution in [0.5, 0.6) is 5.75 Å². The van der Waals surface area contributed by atoms with Gasteiger partial charge in [0, 0.05) is 5.69 Å². The van der Waals surface area contributed by atoms with Crippen molar-refractivity contribution >= 4 is 17.6 Å². The molecular weight excluding hydrogens is 277 g/mol. The highest BCUT2D eigenvalue weighted by atomic mass is 19.4. The summed E-state index contributed by atoms with van der Waals surface area (Å²) in [5, 5.41) is 11.8. The Balaban J connectivity index is 2.57. The van der Waals surface area contributed by atoms with E-state index >= 15 is 0 Å². The van der Waals surface area contributed by atoms with Gasteiger partial charge in [0.25, 0.3) is 0 Å². The fourth-order valence-electron chi connectivity index (χ4n) is 1.18. The summed E-state index contributed by atoms with van der Waals surface area (Å²) >= 11 is 0. The predicted molar refractivity (Wildman–Crippen MR) is 66.7 cm³/mol. The van der Waals surface area contributed by atoms with Crippen LogP contribution in [0.25, 0.3) is 0 Å². The van der Waals surface area contributed by atoms with E-state index in [1.807, 2.05) is 0 Å². The lowest BCUT2D eigenvalue weighted by molar-refractivity contribution is -0.274. The number of hydrogen-bond acceptors (Lipinski definition) is 3. The molecule has 5 N–H and O–H groups in total. The molecule has 0 saturated heterocycles. The molecular formula is C11H13F3N4O2. The second kappa shape index (κ2) is 6.13. The predicted octanol–water partition coefficient (Wildman–Crippen LogP) is 2.03. The van der Waals surface area contributed by atoms with Gasteiger partial charge in [-0.2, -0.15) is 0 Å². The highest BCUT2D eigenvalue weighted by molar-refractivity contribution is 5.93. The monoisotopic (exact) mass is 290 g/mol. The number of benzene rings is 1. The molecule has 20 heavy (non-hydrogen) atoms. The van der Waals surface area contributed by atoms with E-state index < -0.39 is 18.4 Å². The van der Waals surface area contributed by atoms with Gasteiger partial charge in [-0.05, 0) is 31.2 Å². The number of urea groups is 1. The minimum atomic E-state index is -4.76. The van der Waals surface area contributed by atoms with Crippen LogP contribution < -0.4 is 21.1 Å². The van der Waals surface area contributed by atoms with Crippen molar-refractivity contribution in [2.24, 2.45) is 5.73 Å². The Bertz CT molecular complexity index is 487. The molecule has 1 rings (SSSR count). The lowest BCUT2D eigenvalue weighted by Gasteiger charge is -2.13. The minimum absolute atomic E-state index is 0.214. The number of nitrogens with one attached hydrogen (secondary N) is 3. The Morgan fingerprint density at radius 3 is 2.35 bits per heavy atom. The number of anilines is 1. The standard InChI is InChI=1S/C11H13F3N4O2/c1-6(9(15)16)17-10(19)18-7-2-4-8(5-3-7)20-11(12,13)14/h2-6H,1H3,(H3,15,16)(H2,17,18,19). The Morgan fingerprint density at radius 1 is 1.35 bits per heavy atom. The first-order chi connectivity index (χ1) is 9.17. The van der Waals surface area contributed by atoms with Crippen molar-refractivity contribution in [3.8, 4) is 5.75 Å². The molecule has 0 aliphatic heterocycles. The Kier molecular flexibility index (Phi) is 4.78. The van der Waals surface area contributed by atoms with Crippen molar-refractivity contribution in [3.05, 3.63) is 24.3 Å². The van der Waals surface area contributed by atoms with Gasteiger partial charge in [-0.15, -0.1) is 13.2 Å². The maximum Gasteiger partial charge on any atom is 0.573 e. The third-order valence-corrected chi connectivity index (χ3v) is 2.16. The van der Waals surface area contributed by atoms with E-state index in [2.05, 4.69) is 15.4 Å². The van der Waals surface area contributed by atoms with Crippen LogP contribution >= 0.6 is 0 Å². The first-order valence-corrected chi connectivity index (χ1v) is 5.44. The molecule has 110 valence electrons. The summed E-state index contributed by atoms with van der Waals surface area (Å²) in [7, 11) is 0. The highest BCUT2D eigenvalue weighted by Gasteiger charge is 2.30. The Morgan fingerprint density at radius 2 is 1.90 bits per heavy atom. The Hall–Kier alpha value is -2.45. The lowest BCUT2D eigenvalue weighted by atomic mass is 10.3. The maximum atomic E-state index is 11.9. The number of carbonyl (C=O) groups excluding carboxylic acids is 1. The second-order valence-corrected chi connectivity index (χ2v) is 3.85. The third-order valence-electron chi connectivity index (χ3n) is 2.16. The van der Waals surface area contributed by atoms with Crippen LogP contribution in [0.15, 0.2) is 24.3 Å². The molecule has 0 spiro atoms. The molecule has 1 aromatic rings. The van der Waals surface area contributed by atoms with Gasteiger partial charge >= 0.3 is 12.4 Å². The van der Waals surface area contributed by atoms with Crippen molar-refractivity contribution < 1.29 is 22.7 Å². The molecule has 0 fully saturated rings. The van der Waals surface area contributed by atoms with Crippen molar-refractivity contribution in [1.29, 1.82) is 5.41 Å². The van der Waals surface area contributed by atoms with E-state index in [4.69, 9.17) is 11.1 Å². The number of halogens is 3. The number of hydrogen-bond donors (Lipinski definition) is 4. The fourth-order valence-corrected chi connectivity index (χ4v) is 1.18. The SMILES string of the molecule is CC(NC(=O)Nc1ccc(OC(F)(F)F)cc1)C(=N)N. The fraction of sp³-hybridized carbons (Fsp3) is 0.273. The average molecular weight is 290 g/mol. The normalized spacial score (nSPS) is 12.4. The number of alkyl halides is 3. The Labute approximate surface area is 112 Å². The molecule has 0 bridgehead atoms. The van der Waals surface area contributed by atoms with Gasteiger partial charge in [-0.3, -0.25) is 5.41 Å². The van der Waals surface area contributed by atoms with Crippen molar-refractivity contribution in [3.63, 3.8) is 0 Å². The molecule has 6 nitrogen and oxygen atoms in total. The van der Waals surface area contributed by atoms with Crippen molar-refractivity contribution in [2.45, 2.75) is 19.3 Å². The van der Waals surface area contributed by atoms with E-state index in [-0.39, 0.29) is 17.3 Å². The largest absolute Gasteiger partial charge is 0.573 e. The van der Waals surface area contributed by atoms with Gasteiger partial charge in [-0.25, -0.2) is 4.79 Å². The lowest BCUT2D eigenvalue weighted by Crippen LogP contribution is -2.43. The van der Waals surface area contributed by atoms with E-state index in [0.717, 1.165) is 12.1 Å². The second-order valence-electron chi connectivity index (χ2n) is 3.85. The first-order valence-electron chi connectivity index (χ1n) is 5.44. The van der Waals surface area contributed by atoms with Crippen LogP contribution in [0.1, 0.15) is 6.92 Å². The minimum Gasteiger partial charge on any atom is -0.406 e. The topological polar surface area (TPSA) is 100 Å². The third kappa shape index (κ3) is 5.46. The zero-order valence-electron chi connectivity index (χ0n) is 10.4. The average Bonchev–Trinajstić information content (AvgIpc) is 2.29. The molecule has 9 heteroatoms. The molecule has 1 unspecified atom stereocenters. The molecule has 2 amide bonds. The molecule has 0 saturated carbocycles. The number of ether oxygens (including phenoxy) is 1. The quantitative estimate of drug-likeness (QED) is 0.504. The molecule has 0 aliphatic rings. The van der Waals surface area contributed by atoms with E-state index in [9.17, 15) is 18.0 Å². The molecule has 0 aliphatic carbocycles. The van der Waals surface area contributed by atoms with Crippen LogP contribution in [0.2, 0.25) is 0 Å². The molecule has 0 radical (unpaired) electrons. The van der Waals surface area contributed by atoms with Gasteiger partial charge in [-0.1, -0.05) is 0 Å². The van der Waals surface area contributed by atoms with Crippen molar-refractivity contribution in [2.75, 3.05) is 5.32 Å². The highest BCUT2D eigenvalue weighted by Crippen LogP contribution is 2.23. The van der Waals surface area contributed by atoms with Crippen LogP contribution in [-0.4, -0.2) is 24.3 Å². The molecule has 1 atom stereocenters. The maximum absolute atomic E-state index is 11.9. The zero-order valence-corrected chi connectivity index (χ0v) is 10.4. The molecule has 0 heterocycles. The number of carbonyl (C=O) groups is 1. The van der Waals surface area contributed by atoms with Gasteiger partial charge in [0.05, 0.1) is 6.04 Å². The number of amides is 2. The summed E-state index contributed by atoms with van der Waals surface area (Å²) in [6.07, 6.45) is -4.76. The summed E-state index contributed by atoms with van der Waals surface area (Å²) in [6.45, 7) is 1.52. The van der Waals surface area contributed by atoms with Crippen LogP contribution in [0.4, 0.5) is 23.7 Å². The van der Waals surface area contributed by atoms with E-state index in [1.165, 1.54) is 19.1 Å². The van der Waals surface area contributed by atoms with Gasteiger partial charge in [0.15, 0.2) is 0 Å².